The Balaban J connectivity index is 2.13. The van der Waals surface area contributed by atoms with Crippen LogP contribution in [0.1, 0.15) is 31.4 Å². The van der Waals surface area contributed by atoms with Crippen molar-refractivity contribution in [1.82, 2.24) is 0 Å². The van der Waals surface area contributed by atoms with Gasteiger partial charge in [-0.2, -0.15) is 0 Å². The summed E-state index contributed by atoms with van der Waals surface area (Å²) in [7, 11) is -2.50. The Morgan fingerprint density at radius 3 is 1.40 bits per heavy atom. The highest BCUT2D eigenvalue weighted by molar-refractivity contribution is 6.90. The molecule has 0 spiro atoms. The first-order chi connectivity index (χ1) is 11.8. The van der Waals surface area contributed by atoms with E-state index in [2.05, 4.69) is 100 Å². The maximum Gasteiger partial charge on any atom is 0.0806 e. The second kappa shape index (κ2) is 8.21. The lowest BCUT2D eigenvalue weighted by Crippen LogP contribution is -2.40. The molecule has 0 heterocycles. The van der Waals surface area contributed by atoms with Gasteiger partial charge in [-0.3, -0.25) is 0 Å². The van der Waals surface area contributed by atoms with Crippen molar-refractivity contribution in [3.8, 4) is 11.8 Å². The molecule has 0 aliphatic carbocycles. The zero-order chi connectivity index (χ0) is 18.5. The van der Waals surface area contributed by atoms with Gasteiger partial charge in [0.1, 0.15) is 0 Å². The third-order valence-electron chi connectivity index (χ3n) is 5.44. The molecule has 0 fully saturated rings. The Morgan fingerprint density at radius 2 is 1.04 bits per heavy atom. The zero-order valence-corrected chi connectivity index (χ0v) is 18.7. The molecule has 0 saturated carbocycles. The van der Waals surface area contributed by atoms with Crippen LogP contribution in [0.15, 0.2) is 48.5 Å². The molecule has 132 valence electrons. The van der Waals surface area contributed by atoms with Gasteiger partial charge in [-0.05, 0) is 24.3 Å². The predicted molar refractivity (Wildman–Crippen MR) is 119 cm³/mol. The van der Waals surface area contributed by atoms with Crippen LogP contribution in [-0.4, -0.2) is 16.1 Å². The van der Waals surface area contributed by atoms with Crippen molar-refractivity contribution >= 4 is 26.5 Å². The molecule has 0 unspecified atom stereocenters. The van der Waals surface area contributed by atoms with Gasteiger partial charge in [0, 0.05) is 11.1 Å². The maximum absolute atomic E-state index is 3.32. The zero-order valence-electron chi connectivity index (χ0n) is 16.7. The largest absolute Gasteiger partial charge is 0.0806 e. The van der Waals surface area contributed by atoms with E-state index < -0.39 is 16.1 Å². The fraction of sp³-hybridized carbons (Fsp3) is 0.391. The lowest BCUT2D eigenvalue weighted by atomic mass is 10.2. The third kappa shape index (κ3) is 5.20. The second-order valence-corrected chi connectivity index (χ2v) is 18.2. The lowest BCUT2D eigenvalue weighted by Gasteiger charge is -2.22. The monoisotopic (exact) mass is 364 g/mol. The topological polar surface area (TPSA) is 0 Å². The van der Waals surface area contributed by atoms with Crippen molar-refractivity contribution in [2.75, 3.05) is 0 Å². The van der Waals surface area contributed by atoms with E-state index in [9.17, 15) is 0 Å². The molecule has 0 bridgehead atoms. The normalized spacial score (nSPS) is 11.8. The van der Waals surface area contributed by atoms with Gasteiger partial charge < -0.3 is 0 Å². The van der Waals surface area contributed by atoms with Crippen molar-refractivity contribution in [3.63, 3.8) is 0 Å². The minimum atomic E-state index is -1.26. The fourth-order valence-electron chi connectivity index (χ4n) is 3.13. The molecule has 0 aliphatic heterocycles. The van der Waals surface area contributed by atoms with E-state index in [0.717, 1.165) is 11.1 Å². The van der Waals surface area contributed by atoms with Crippen LogP contribution in [0.3, 0.4) is 0 Å². The molecule has 0 atom stereocenters. The van der Waals surface area contributed by atoms with Gasteiger partial charge in [0.05, 0.1) is 16.1 Å². The van der Waals surface area contributed by atoms with Crippen LogP contribution in [0.25, 0.3) is 0 Å². The highest BCUT2D eigenvalue weighted by Crippen LogP contribution is 2.13. The molecule has 2 aromatic carbocycles. The first kappa shape index (κ1) is 19.8. The standard InChI is InChI=1S/C23H32Si2/c1-7-19-25(5,6)23-17-13-21(14-18-23)10-9-20-11-15-22(16-12-20)24(3,4)8-2/h11-18H,7-8,19H2,1-6H3. The van der Waals surface area contributed by atoms with Crippen LogP contribution < -0.4 is 10.4 Å². The summed E-state index contributed by atoms with van der Waals surface area (Å²) in [5.41, 5.74) is 2.21. The summed E-state index contributed by atoms with van der Waals surface area (Å²) in [6.07, 6.45) is 1.27. The van der Waals surface area contributed by atoms with Crippen LogP contribution in [0.2, 0.25) is 38.3 Å². The highest BCUT2D eigenvalue weighted by atomic mass is 28.3. The van der Waals surface area contributed by atoms with Crippen molar-refractivity contribution in [2.45, 2.75) is 58.5 Å². The first-order valence-electron chi connectivity index (χ1n) is 9.51. The van der Waals surface area contributed by atoms with E-state index >= 15 is 0 Å². The Morgan fingerprint density at radius 1 is 0.640 bits per heavy atom. The third-order valence-corrected chi connectivity index (χ3v) is 12.8. The lowest BCUT2D eigenvalue weighted by molar-refractivity contribution is 1.05. The molecule has 0 N–H and O–H groups in total. The quantitative estimate of drug-likeness (QED) is 0.496. The molecule has 0 aliphatic rings. The molecule has 0 saturated heterocycles. The first-order valence-corrected chi connectivity index (χ1v) is 15.9. The van der Waals surface area contributed by atoms with Crippen molar-refractivity contribution in [2.24, 2.45) is 0 Å². The molecular weight excluding hydrogens is 332 g/mol. The van der Waals surface area contributed by atoms with Crippen LogP contribution in [0.4, 0.5) is 0 Å². The minimum Gasteiger partial charge on any atom is -0.0675 e. The number of rotatable bonds is 5. The molecular formula is C23H32Si2. The van der Waals surface area contributed by atoms with Crippen molar-refractivity contribution < 1.29 is 0 Å². The summed E-state index contributed by atoms with van der Waals surface area (Å²) < 4.78 is 0. The van der Waals surface area contributed by atoms with Crippen LogP contribution >= 0.6 is 0 Å². The van der Waals surface area contributed by atoms with Crippen LogP contribution in [0, 0.1) is 11.8 Å². The van der Waals surface area contributed by atoms with Gasteiger partial charge >= 0.3 is 0 Å². The van der Waals surface area contributed by atoms with Crippen LogP contribution in [0.5, 0.6) is 0 Å². The minimum absolute atomic E-state index is 1.11. The second-order valence-electron chi connectivity index (χ2n) is 8.28. The van der Waals surface area contributed by atoms with E-state index in [1.54, 1.807) is 0 Å². The molecule has 0 nitrogen and oxygen atoms in total. The van der Waals surface area contributed by atoms with Gasteiger partial charge in [0.25, 0.3) is 0 Å². The summed E-state index contributed by atoms with van der Waals surface area (Å²) in [5, 5.41) is 3.06. The van der Waals surface area contributed by atoms with Gasteiger partial charge in [-0.15, -0.1) is 0 Å². The fourth-order valence-corrected chi connectivity index (χ4v) is 7.21. The van der Waals surface area contributed by atoms with Crippen molar-refractivity contribution in [1.29, 1.82) is 0 Å². The molecule has 0 amide bonds. The summed E-state index contributed by atoms with van der Waals surface area (Å²) in [6, 6.07) is 20.5. The number of benzene rings is 2. The smallest absolute Gasteiger partial charge is 0.0675 e. The van der Waals surface area contributed by atoms with E-state index in [1.807, 2.05) is 0 Å². The van der Waals surface area contributed by atoms with E-state index in [0.29, 0.717) is 0 Å². The number of hydrogen-bond donors (Lipinski definition) is 0. The maximum atomic E-state index is 3.32. The molecule has 0 aromatic heterocycles. The molecule has 0 radical (unpaired) electrons. The molecule has 2 heteroatoms. The summed E-state index contributed by atoms with van der Waals surface area (Å²) >= 11 is 0. The van der Waals surface area contributed by atoms with E-state index in [-0.39, 0.29) is 0 Å². The highest BCUT2D eigenvalue weighted by Gasteiger charge is 2.21. The van der Waals surface area contributed by atoms with E-state index in [1.165, 1.54) is 28.9 Å². The number of hydrogen-bond acceptors (Lipinski definition) is 0. The Hall–Kier alpha value is -1.57. The SMILES string of the molecule is CCC[Si](C)(C)c1ccc(C#Cc2ccc([Si](C)(C)CC)cc2)cc1. The Kier molecular flexibility index (Phi) is 6.49. The average molecular weight is 365 g/mol. The summed E-state index contributed by atoms with van der Waals surface area (Å²) in [6.45, 7) is 14.4. The average Bonchev–Trinajstić information content (AvgIpc) is 2.60. The Bertz CT molecular complexity index is 741. The van der Waals surface area contributed by atoms with Crippen LogP contribution in [-0.2, 0) is 0 Å². The van der Waals surface area contributed by atoms with E-state index in [4.69, 9.17) is 0 Å². The van der Waals surface area contributed by atoms with Gasteiger partial charge in [0.2, 0.25) is 0 Å². The predicted octanol–water partition coefficient (Wildman–Crippen LogP) is 5.35. The van der Waals surface area contributed by atoms with Gasteiger partial charge in [0.15, 0.2) is 0 Å². The Labute approximate surface area is 156 Å². The molecule has 2 aromatic rings. The summed E-state index contributed by atoms with van der Waals surface area (Å²) in [4.78, 5) is 0. The molecule has 2 rings (SSSR count). The van der Waals surface area contributed by atoms with Crippen molar-refractivity contribution in [3.05, 3.63) is 59.7 Å². The summed E-state index contributed by atoms with van der Waals surface area (Å²) in [5.74, 6) is 6.64. The van der Waals surface area contributed by atoms with Gasteiger partial charge in [-0.1, -0.05) is 105 Å². The molecule has 25 heavy (non-hydrogen) atoms. The van der Waals surface area contributed by atoms with Gasteiger partial charge in [-0.25, -0.2) is 0 Å².